The van der Waals surface area contributed by atoms with Crippen molar-refractivity contribution in [3.63, 3.8) is 0 Å². The molecule has 0 aliphatic heterocycles. The van der Waals surface area contributed by atoms with E-state index < -0.39 is 15.8 Å². The minimum absolute atomic E-state index is 0.114. The monoisotopic (exact) mass is 491 g/mol. The number of sulfone groups is 1. The van der Waals surface area contributed by atoms with Gasteiger partial charge in [-0.15, -0.1) is 23.1 Å². The molecule has 3 rings (SSSR count). The van der Waals surface area contributed by atoms with Gasteiger partial charge in [-0.1, -0.05) is 41.9 Å². The summed E-state index contributed by atoms with van der Waals surface area (Å²) >= 11 is 8.23. The Bertz CT molecular complexity index is 1210. The third-order valence-corrected chi connectivity index (χ3v) is 8.95. The van der Waals surface area contributed by atoms with Crippen molar-refractivity contribution in [3.05, 3.63) is 70.1 Å². The topological polar surface area (TPSA) is 84.2 Å². The predicted octanol–water partition coefficient (Wildman–Crippen LogP) is 5.68. The summed E-state index contributed by atoms with van der Waals surface area (Å²) in [4.78, 5) is 13.1. The van der Waals surface area contributed by atoms with Crippen LogP contribution in [0.4, 0.5) is 0 Å². The number of carbonyl (C=O) groups excluding carboxylic acids is 1. The molecule has 0 amide bonds. The van der Waals surface area contributed by atoms with Crippen LogP contribution in [0.15, 0.2) is 63.7 Å². The summed E-state index contributed by atoms with van der Waals surface area (Å²) in [5.74, 6) is -0.378. The number of esters is 1. The molecule has 0 unspecified atom stereocenters. The average molecular weight is 492 g/mol. The fraction of sp³-hybridized carbons (Fsp3) is 0.182. The number of nitrogens with zero attached hydrogens (tertiary/aromatic N) is 1. The fourth-order valence-corrected chi connectivity index (χ4v) is 7.07. The molecule has 9 heteroatoms. The third kappa shape index (κ3) is 5.49. The zero-order valence-corrected chi connectivity index (χ0v) is 19.7. The Labute approximate surface area is 194 Å². The average Bonchev–Trinajstić information content (AvgIpc) is 3.13. The van der Waals surface area contributed by atoms with Gasteiger partial charge in [0.25, 0.3) is 0 Å². The van der Waals surface area contributed by atoms with Gasteiger partial charge in [0.1, 0.15) is 10.9 Å². The van der Waals surface area contributed by atoms with Crippen molar-refractivity contribution < 1.29 is 17.9 Å². The summed E-state index contributed by atoms with van der Waals surface area (Å²) in [6.45, 7) is 1.94. The highest BCUT2D eigenvalue weighted by atomic mass is 35.5. The Morgan fingerprint density at radius 3 is 2.45 bits per heavy atom. The van der Waals surface area contributed by atoms with Crippen LogP contribution in [-0.2, 0) is 14.6 Å². The standard InChI is InChI=1S/C22H18ClNO4S3/c1-2-28-21(25)20-19(15-6-4-3-5-7-15)18(14-24)22(30-20)29-12-13-31(26,27)17-10-8-16(23)9-11-17/h3-11H,2,12-13H2,1H3. The van der Waals surface area contributed by atoms with E-state index in [9.17, 15) is 18.5 Å². The van der Waals surface area contributed by atoms with E-state index in [1.54, 1.807) is 6.92 Å². The lowest BCUT2D eigenvalue weighted by Crippen LogP contribution is -2.08. The Kier molecular flexibility index (Phi) is 7.79. The molecule has 1 heterocycles. The van der Waals surface area contributed by atoms with Crippen molar-refractivity contribution >= 4 is 50.5 Å². The molecule has 1 aromatic heterocycles. The normalized spacial score (nSPS) is 11.1. The predicted molar refractivity (Wildman–Crippen MR) is 125 cm³/mol. The molecule has 0 aliphatic rings. The van der Waals surface area contributed by atoms with Crippen molar-refractivity contribution in [2.24, 2.45) is 0 Å². The van der Waals surface area contributed by atoms with Gasteiger partial charge in [0.2, 0.25) is 0 Å². The Morgan fingerprint density at radius 1 is 1.16 bits per heavy atom. The Morgan fingerprint density at radius 2 is 1.84 bits per heavy atom. The first-order valence-corrected chi connectivity index (χ1v) is 13.1. The van der Waals surface area contributed by atoms with E-state index in [0.717, 1.165) is 16.9 Å². The first-order chi connectivity index (χ1) is 14.9. The number of thiophene rings is 1. The minimum atomic E-state index is -3.50. The van der Waals surface area contributed by atoms with E-state index in [1.165, 1.54) is 36.0 Å². The maximum atomic E-state index is 12.6. The van der Waals surface area contributed by atoms with Gasteiger partial charge >= 0.3 is 5.97 Å². The van der Waals surface area contributed by atoms with Gasteiger partial charge < -0.3 is 4.74 Å². The number of halogens is 1. The second-order valence-corrected chi connectivity index (χ2v) is 11.2. The highest BCUT2D eigenvalue weighted by Crippen LogP contribution is 2.42. The highest BCUT2D eigenvalue weighted by molar-refractivity contribution is 8.02. The van der Waals surface area contributed by atoms with E-state index in [0.29, 0.717) is 25.2 Å². The molecule has 31 heavy (non-hydrogen) atoms. The summed E-state index contributed by atoms with van der Waals surface area (Å²) in [5, 5.41) is 10.3. The lowest BCUT2D eigenvalue weighted by Gasteiger charge is -2.05. The number of ether oxygens (including phenoxy) is 1. The van der Waals surface area contributed by atoms with Gasteiger partial charge in [-0.2, -0.15) is 5.26 Å². The molecule has 0 bridgehead atoms. The van der Waals surface area contributed by atoms with E-state index in [-0.39, 0.29) is 23.0 Å². The van der Waals surface area contributed by atoms with Crippen molar-refractivity contribution in [1.82, 2.24) is 0 Å². The van der Waals surface area contributed by atoms with Crippen LogP contribution in [0.3, 0.4) is 0 Å². The van der Waals surface area contributed by atoms with Crippen molar-refractivity contribution in [3.8, 4) is 17.2 Å². The molecule has 0 radical (unpaired) electrons. The molecule has 0 aliphatic carbocycles. The number of hydrogen-bond donors (Lipinski definition) is 0. The summed E-state index contributed by atoms with van der Waals surface area (Å²) < 4.78 is 30.9. The van der Waals surface area contributed by atoms with Crippen LogP contribution in [0.2, 0.25) is 5.02 Å². The van der Waals surface area contributed by atoms with E-state index in [2.05, 4.69) is 6.07 Å². The van der Waals surface area contributed by atoms with Crippen molar-refractivity contribution in [2.45, 2.75) is 16.0 Å². The van der Waals surface area contributed by atoms with Gasteiger partial charge in [0.15, 0.2) is 9.84 Å². The smallest absolute Gasteiger partial charge is 0.349 e. The van der Waals surface area contributed by atoms with E-state index >= 15 is 0 Å². The third-order valence-electron chi connectivity index (χ3n) is 4.27. The highest BCUT2D eigenvalue weighted by Gasteiger charge is 2.25. The van der Waals surface area contributed by atoms with E-state index in [1.807, 2.05) is 30.3 Å². The largest absolute Gasteiger partial charge is 0.462 e. The lowest BCUT2D eigenvalue weighted by molar-refractivity contribution is 0.0533. The van der Waals surface area contributed by atoms with Gasteiger partial charge in [0, 0.05) is 16.3 Å². The first kappa shape index (κ1) is 23.4. The van der Waals surface area contributed by atoms with Crippen LogP contribution in [0, 0.1) is 11.3 Å². The number of hydrogen-bond acceptors (Lipinski definition) is 7. The first-order valence-electron chi connectivity index (χ1n) is 9.28. The number of nitriles is 1. The van der Waals surface area contributed by atoms with Crippen molar-refractivity contribution in [1.29, 1.82) is 5.26 Å². The van der Waals surface area contributed by atoms with Crippen LogP contribution in [0.5, 0.6) is 0 Å². The molecule has 160 valence electrons. The summed E-state index contributed by atoms with van der Waals surface area (Å²) in [7, 11) is -3.50. The van der Waals surface area contributed by atoms with Gasteiger partial charge in [-0.25, -0.2) is 13.2 Å². The lowest BCUT2D eigenvalue weighted by atomic mass is 10.0. The molecular formula is C22H18ClNO4S3. The van der Waals surface area contributed by atoms with Gasteiger partial charge in [-0.05, 0) is 36.8 Å². The molecule has 5 nitrogen and oxygen atoms in total. The summed E-state index contributed by atoms with van der Waals surface area (Å²) in [6, 6.07) is 17.4. The zero-order valence-electron chi connectivity index (χ0n) is 16.5. The molecule has 0 fully saturated rings. The zero-order chi connectivity index (χ0) is 22.4. The fourth-order valence-electron chi connectivity index (χ4n) is 2.84. The van der Waals surface area contributed by atoms with Crippen LogP contribution in [0.1, 0.15) is 22.2 Å². The second-order valence-electron chi connectivity index (χ2n) is 6.29. The number of rotatable bonds is 8. The van der Waals surface area contributed by atoms with Gasteiger partial charge in [0.05, 0.1) is 27.0 Å². The minimum Gasteiger partial charge on any atom is -0.462 e. The summed E-state index contributed by atoms with van der Waals surface area (Å²) in [5.41, 5.74) is 1.61. The second kappa shape index (κ2) is 10.3. The van der Waals surface area contributed by atoms with Crippen LogP contribution >= 0.6 is 34.7 Å². The SMILES string of the molecule is CCOC(=O)c1sc(SCCS(=O)(=O)c2ccc(Cl)cc2)c(C#N)c1-c1ccccc1. The maximum absolute atomic E-state index is 12.6. The summed E-state index contributed by atoms with van der Waals surface area (Å²) in [6.07, 6.45) is 0. The number of thioether (sulfide) groups is 1. The number of carbonyl (C=O) groups is 1. The molecule has 0 N–H and O–H groups in total. The maximum Gasteiger partial charge on any atom is 0.349 e. The van der Waals surface area contributed by atoms with Crippen LogP contribution in [-0.4, -0.2) is 32.5 Å². The number of benzene rings is 2. The molecule has 0 spiro atoms. The molecule has 0 saturated heterocycles. The van der Waals surface area contributed by atoms with Gasteiger partial charge in [-0.3, -0.25) is 0 Å². The molecule has 0 saturated carbocycles. The molecule has 2 aromatic carbocycles. The van der Waals surface area contributed by atoms with Crippen LogP contribution < -0.4 is 0 Å². The molecular weight excluding hydrogens is 474 g/mol. The molecule has 0 atom stereocenters. The Balaban J connectivity index is 1.88. The van der Waals surface area contributed by atoms with Crippen molar-refractivity contribution in [2.75, 3.05) is 18.1 Å². The van der Waals surface area contributed by atoms with Crippen LogP contribution in [0.25, 0.3) is 11.1 Å². The molecule has 3 aromatic rings. The van der Waals surface area contributed by atoms with E-state index in [4.69, 9.17) is 16.3 Å². The quantitative estimate of drug-likeness (QED) is 0.297. The Hall–Kier alpha value is -2.31.